The summed E-state index contributed by atoms with van der Waals surface area (Å²) in [4.78, 5) is 10.3. The van der Waals surface area contributed by atoms with Crippen molar-refractivity contribution in [3.8, 4) is 0 Å². The van der Waals surface area contributed by atoms with Crippen LogP contribution in [0.4, 0.5) is 0 Å². The van der Waals surface area contributed by atoms with Gasteiger partial charge in [-0.05, 0) is 12.8 Å². The molecule has 0 aromatic carbocycles. The van der Waals surface area contributed by atoms with Crippen LogP contribution in [0.5, 0.6) is 0 Å². The number of carboxylic acid groups (broad SMARTS) is 1. The van der Waals surface area contributed by atoms with Gasteiger partial charge in [0, 0.05) is 22.3 Å². The summed E-state index contributed by atoms with van der Waals surface area (Å²) >= 11 is 0. The molecule has 0 radical (unpaired) electrons. The summed E-state index contributed by atoms with van der Waals surface area (Å²) in [6, 6.07) is -0.870. The smallest absolute Gasteiger partial charge is 0.320 e. The molecule has 13 heavy (non-hydrogen) atoms. The lowest BCUT2D eigenvalue weighted by Crippen LogP contribution is -2.31. The molecule has 1 unspecified atom stereocenters. The minimum absolute atomic E-state index is 0.297. The van der Waals surface area contributed by atoms with Gasteiger partial charge in [-0.1, -0.05) is 13.3 Å². The number of nitrogens with two attached hydrogens (primary N) is 1. The van der Waals surface area contributed by atoms with Crippen molar-refractivity contribution in [2.45, 2.75) is 32.2 Å². The monoisotopic (exact) mass is 207 g/mol. The van der Waals surface area contributed by atoms with Crippen LogP contribution in [0.3, 0.4) is 0 Å². The molecule has 0 aliphatic heterocycles. The zero-order valence-corrected chi connectivity index (χ0v) is 8.68. The van der Waals surface area contributed by atoms with Gasteiger partial charge < -0.3 is 10.8 Å². The van der Waals surface area contributed by atoms with Crippen molar-refractivity contribution in [3.05, 3.63) is 0 Å². The van der Waals surface area contributed by atoms with E-state index in [1.165, 1.54) is 0 Å². The third-order valence-electron chi connectivity index (χ3n) is 1.70. The molecule has 0 saturated carbocycles. The van der Waals surface area contributed by atoms with E-state index in [4.69, 9.17) is 10.8 Å². The van der Waals surface area contributed by atoms with Gasteiger partial charge in [0.05, 0.1) is 0 Å². The van der Waals surface area contributed by atoms with Crippen molar-refractivity contribution in [2.24, 2.45) is 5.73 Å². The summed E-state index contributed by atoms with van der Waals surface area (Å²) in [7, 11) is -0.900. The first-order valence-electron chi connectivity index (χ1n) is 4.41. The Kier molecular flexibility index (Phi) is 6.80. The van der Waals surface area contributed by atoms with Crippen LogP contribution < -0.4 is 5.73 Å². The van der Waals surface area contributed by atoms with Crippen molar-refractivity contribution in [1.82, 2.24) is 0 Å². The first-order chi connectivity index (χ1) is 6.07. The highest BCUT2D eigenvalue weighted by molar-refractivity contribution is 7.84. The Balaban J connectivity index is 3.52. The number of hydrogen-bond donors (Lipinski definition) is 2. The van der Waals surface area contributed by atoms with Gasteiger partial charge >= 0.3 is 5.97 Å². The van der Waals surface area contributed by atoms with E-state index < -0.39 is 22.8 Å². The quantitative estimate of drug-likeness (QED) is 0.630. The van der Waals surface area contributed by atoms with E-state index in [2.05, 4.69) is 0 Å². The van der Waals surface area contributed by atoms with Crippen molar-refractivity contribution in [1.29, 1.82) is 0 Å². The fourth-order valence-corrected chi connectivity index (χ4v) is 2.12. The number of rotatable bonds is 7. The summed E-state index contributed by atoms with van der Waals surface area (Å²) in [6.07, 6.45) is 2.23. The SMILES string of the molecule is CCCCS(=O)CC[C@@H](N)C(=O)O. The summed E-state index contributed by atoms with van der Waals surface area (Å²) in [5.74, 6) is 0.0310. The van der Waals surface area contributed by atoms with Gasteiger partial charge in [0.25, 0.3) is 0 Å². The molecule has 78 valence electrons. The second-order valence-corrected chi connectivity index (χ2v) is 4.63. The van der Waals surface area contributed by atoms with E-state index in [-0.39, 0.29) is 0 Å². The maximum absolute atomic E-state index is 11.2. The fourth-order valence-electron chi connectivity index (χ4n) is 0.789. The largest absolute Gasteiger partial charge is 0.480 e. The summed E-state index contributed by atoms with van der Waals surface area (Å²) in [5, 5.41) is 8.45. The Bertz CT molecular complexity index is 184. The average Bonchev–Trinajstić information content (AvgIpc) is 2.10. The van der Waals surface area contributed by atoms with Gasteiger partial charge in [-0.3, -0.25) is 9.00 Å². The molecule has 0 rings (SSSR count). The number of aliphatic carboxylic acids is 1. The van der Waals surface area contributed by atoms with Crippen LogP contribution in [0, 0.1) is 0 Å². The molecule has 0 bridgehead atoms. The molecule has 0 spiro atoms. The molecule has 0 aromatic heterocycles. The van der Waals surface area contributed by atoms with E-state index in [0.29, 0.717) is 17.9 Å². The lowest BCUT2D eigenvalue weighted by atomic mass is 10.2. The second kappa shape index (κ2) is 7.03. The van der Waals surface area contributed by atoms with Crippen LogP contribution in [0.1, 0.15) is 26.2 Å². The predicted octanol–water partition coefficient (Wildman–Crippen LogP) is 0.337. The topological polar surface area (TPSA) is 80.4 Å². The lowest BCUT2D eigenvalue weighted by molar-refractivity contribution is -0.138. The third kappa shape index (κ3) is 6.72. The predicted molar refractivity (Wildman–Crippen MR) is 53.0 cm³/mol. The van der Waals surface area contributed by atoms with Gasteiger partial charge in [0.15, 0.2) is 0 Å². The normalized spacial score (nSPS) is 15.2. The van der Waals surface area contributed by atoms with E-state index in [1.807, 2.05) is 6.92 Å². The third-order valence-corrected chi connectivity index (χ3v) is 3.13. The van der Waals surface area contributed by atoms with Crippen LogP contribution in [0.25, 0.3) is 0 Å². The van der Waals surface area contributed by atoms with E-state index in [9.17, 15) is 9.00 Å². The molecule has 0 amide bonds. The molecule has 0 aliphatic rings. The van der Waals surface area contributed by atoms with Gasteiger partial charge in [-0.15, -0.1) is 0 Å². The molecule has 5 heteroatoms. The van der Waals surface area contributed by atoms with Crippen LogP contribution in [0.15, 0.2) is 0 Å². The number of carbonyl (C=O) groups is 1. The molecule has 0 heterocycles. The number of hydrogen-bond acceptors (Lipinski definition) is 3. The number of carboxylic acids is 1. The van der Waals surface area contributed by atoms with Gasteiger partial charge in [-0.25, -0.2) is 0 Å². The molecule has 0 saturated heterocycles. The Morgan fingerprint density at radius 1 is 1.54 bits per heavy atom. The Morgan fingerprint density at radius 3 is 2.62 bits per heavy atom. The van der Waals surface area contributed by atoms with Crippen LogP contribution in [0.2, 0.25) is 0 Å². The van der Waals surface area contributed by atoms with E-state index in [0.717, 1.165) is 12.8 Å². The van der Waals surface area contributed by atoms with Crippen molar-refractivity contribution in [3.63, 3.8) is 0 Å². The Hall–Kier alpha value is -0.420. The highest BCUT2D eigenvalue weighted by Crippen LogP contribution is 1.96. The molecular formula is C8H17NO3S. The van der Waals surface area contributed by atoms with Crippen LogP contribution >= 0.6 is 0 Å². The Labute approximate surface area is 81.0 Å². The number of unbranched alkanes of at least 4 members (excludes halogenated alkanes) is 1. The van der Waals surface area contributed by atoms with E-state index in [1.54, 1.807) is 0 Å². The highest BCUT2D eigenvalue weighted by Gasteiger charge is 2.12. The molecule has 3 N–H and O–H groups in total. The van der Waals surface area contributed by atoms with Crippen molar-refractivity contribution in [2.75, 3.05) is 11.5 Å². The van der Waals surface area contributed by atoms with Crippen LogP contribution in [-0.2, 0) is 15.6 Å². The minimum atomic E-state index is -1.02. The second-order valence-electron chi connectivity index (χ2n) is 2.94. The molecular weight excluding hydrogens is 190 g/mol. The summed E-state index contributed by atoms with van der Waals surface area (Å²) in [5.41, 5.74) is 5.26. The lowest BCUT2D eigenvalue weighted by Gasteiger charge is -2.05. The van der Waals surface area contributed by atoms with Crippen LogP contribution in [-0.4, -0.2) is 32.8 Å². The Morgan fingerprint density at radius 2 is 2.15 bits per heavy atom. The first-order valence-corrected chi connectivity index (χ1v) is 5.90. The zero-order chi connectivity index (χ0) is 10.3. The highest BCUT2D eigenvalue weighted by atomic mass is 32.2. The summed E-state index contributed by atoms with van der Waals surface area (Å²) < 4.78 is 11.2. The maximum Gasteiger partial charge on any atom is 0.320 e. The van der Waals surface area contributed by atoms with Gasteiger partial charge in [-0.2, -0.15) is 0 Å². The van der Waals surface area contributed by atoms with Crippen molar-refractivity contribution < 1.29 is 14.1 Å². The first kappa shape index (κ1) is 12.6. The average molecular weight is 207 g/mol. The van der Waals surface area contributed by atoms with Gasteiger partial charge in [0.2, 0.25) is 0 Å². The molecule has 0 aromatic rings. The fraction of sp³-hybridized carbons (Fsp3) is 0.875. The molecule has 4 nitrogen and oxygen atoms in total. The van der Waals surface area contributed by atoms with E-state index >= 15 is 0 Å². The molecule has 2 atom stereocenters. The molecule has 0 fully saturated rings. The minimum Gasteiger partial charge on any atom is -0.480 e. The standard InChI is InChI=1S/C8H17NO3S/c1-2-3-5-13(12)6-4-7(9)8(10)11/h7H,2-6,9H2,1H3,(H,10,11)/t7-,13?/m1/s1. The molecule has 0 aliphatic carbocycles. The maximum atomic E-state index is 11.2. The summed E-state index contributed by atoms with van der Waals surface area (Å²) in [6.45, 7) is 2.03. The van der Waals surface area contributed by atoms with Crippen molar-refractivity contribution >= 4 is 16.8 Å². The van der Waals surface area contributed by atoms with Gasteiger partial charge in [0.1, 0.15) is 6.04 Å². The zero-order valence-electron chi connectivity index (χ0n) is 7.86.